The number of aliphatic carboxylic acids is 1. The Morgan fingerprint density at radius 1 is 1.13 bits per heavy atom. The number of hydrogen-bond acceptors (Lipinski definition) is 3. The zero-order chi connectivity index (χ0) is 22.6. The Labute approximate surface area is 178 Å². The van der Waals surface area contributed by atoms with Crippen LogP contribution in [0.3, 0.4) is 0 Å². The van der Waals surface area contributed by atoms with Gasteiger partial charge in [0.15, 0.2) is 6.04 Å². The number of carboxylic acid groups (broad SMARTS) is 1. The van der Waals surface area contributed by atoms with Gasteiger partial charge in [0.05, 0.1) is 5.92 Å². The number of nitrogens with zero attached hydrogens (tertiary/aromatic N) is 1. The van der Waals surface area contributed by atoms with Crippen LogP contribution in [0.15, 0.2) is 30.3 Å². The van der Waals surface area contributed by atoms with Crippen molar-refractivity contribution in [3.05, 3.63) is 35.9 Å². The number of benzene rings is 1. The fraction of sp³-hybridized carbons (Fsp3) is 0.591. The number of carbonyl (C=O) groups is 3. The number of likely N-dealkylation sites (tertiary alicyclic amines) is 1. The molecule has 1 aliphatic carbocycles. The van der Waals surface area contributed by atoms with Crippen LogP contribution in [0.5, 0.6) is 0 Å². The van der Waals surface area contributed by atoms with Crippen molar-refractivity contribution < 1.29 is 32.7 Å². The van der Waals surface area contributed by atoms with Gasteiger partial charge in [-0.15, -0.1) is 0 Å². The molecular formula is C22H27F3N2O4. The molecule has 0 bridgehead atoms. The van der Waals surface area contributed by atoms with Crippen LogP contribution in [0.2, 0.25) is 0 Å². The van der Waals surface area contributed by atoms with Crippen LogP contribution in [0.1, 0.15) is 50.5 Å². The first-order valence-corrected chi connectivity index (χ1v) is 10.7. The second-order valence-electron chi connectivity index (χ2n) is 8.34. The average molecular weight is 440 g/mol. The molecule has 9 heteroatoms. The van der Waals surface area contributed by atoms with Crippen molar-refractivity contribution in [1.82, 2.24) is 10.2 Å². The van der Waals surface area contributed by atoms with E-state index in [1.807, 2.05) is 35.6 Å². The van der Waals surface area contributed by atoms with Crippen molar-refractivity contribution in [3.63, 3.8) is 0 Å². The van der Waals surface area contributed by atoms with Crippen molar-refractivity contribution in [2.24, 2.45) is 11.8 Å². The van der Waals surface area contributed by atoms with Crippen molar-refractivity contribution >= 4 is 17.9 Å². The molecule has 2 fully saturated rings. The summed E-state index contributed by atoms with van der Waals surface area (Å²) in [6.45, 7) is 0. The van der Waals surface area contributed by atoms with Gasteiger partial charge in [-0.3, -0.25) is 4.79 Å². The number of hydrogen-bond donors (Lipinski definition) is 2. The van der Waals surface area contributed by atoms with E-state index in [0.717, 1.165) is 12.0 Å². The number of halogens is 3. The fourth-order valence-electron chi connectivity index (χ4n) is 4.65. The lowest BCUT2D eigenvalue weighted by atomic mass is 9.82. The molecule has 6 nitrogen and oxygen atoms in total. The van der Waals surface area contributed by atoms with Gasteiger partial charge in [0.25, 0.3) is 0 Å². The molecule has 0 aromatic heterocycles. The van der Waals surface area contributed by atoms with Crippen molar-refractivity contribution in [2.75, 3.05) is 0 Å². The van der Waals surface area contributed by atoms with E-state index in [2.05, 4.69) is 0 Å². The second-order valence-corrected chi connectivity index (χ2v) is 8.34. The fourth-order valence-corrected chi connectivity index (χ4v) is 4.65. The number of imide groups is 1. The van der Waals surface area contributed by atoms with E-state index < -0.39 is 48.0 Å². The highest BCUT2D eigenvalue weighted by Gasteiger charge is 2.56. The van der Waals surface area contributed by atoms with E-state index >= 15 is 0 Å². The molecule has 0 radical (unpaired) electrons. The summed E-state index contributed by atoms with van der Waals surface area (Å²) in [5, 5.41) is 11.4. The van der Waals surface area contributed by atoms with Gasteiger partial charge in [-0.05, 0) is 43.6 Å². The Morgan fingerprint density at radius 2 is 1.77 bits per heavy atom. The number of aryl methyl sites for hydroxylation is 1. The minimum atomic E-state index is -4.67. The number of urea groups is 1. The van der Waals surface area contributed by atoms with Crippen LogP contribution in [-0.4, -0.2) is 46.2 Å². The first-order valence-electron chi connectivity index (χ1n) is 10.7. The third-order valence-corrected chi connectivity index (χ3v) is 6.26. The zero-order valence-corrected chi connectivity index (χ0v) is 17.1. The predicted octanol–water partition coefficient (Wildman–Crippen LogP) is 4.14. The summed E-state index contributed by atoms with van der Waals surface area (Å²) in [5.74, 6) is -3.80. The van der Waals surface area contributed by atoms with Gasteiger partial charge in [-0.2, -0.15) is 13.2 Å². The first kappa shape index (κ1) is 23.1. The minimum Gasteiger partial charge on any atom is -0.480 e. The Balaban J connectivity index is 1.63. The van der Waals surface area contributed by atoms with Gasteiger partial charge >= 0.3 is 18.2 Å². The minimum absolute atomic E-state index is 0.250. The molecule has 1 aromatic rings. The van der Waals surface area contributed by atoms with Crippen LogP contribution < -0.4 is 5.32 Å². The number of β-lactam (4-membered cyclic amide) rings is 1. The highest BCUT2D eigenvalue weighted by molar-refractivity contribution is 6.07. The molecule has 3 amide bonds. The van der Waals surface area contributed by atoms with Crippen LogP contribution in [0.25, 0.3) is 0 Å². The van der Waals surface area contributed by atoms with E-state index in [-0.39, 0.29) is 6.42 Å². The molecule has 3 rings (SSSR count). The molecule has 1 heterocycles. The topological polar surface area (TPSA) is 86.7 Å². The van der Waals surface area contributed by atoms with Crippen LogP contribution in [-0.2, 0) is 16.0 Å². The Bertz CT molecular complexity index is 794. The number of carboxylic acids is 1. The summed E-state index contributed by atoms with van der Waals surface area (Å²) in [4.78, 5) is 37.1. The smallest absolute Gasteiger partial charge is 0.408 e. The van der Waals surface area contributed by atoms with E-state index in [9.17, 15) is 32.7 Å². The monoisotopic (exact) mass is 440 g/mol. The molecule has 3 atom stereocenters. The van der Waals surface area contributed by atoms with Crippen molar-refractivity contribution in [3.8, 4) is 0 Å². The molecule has 2 N–H and O–H groups in total. The third kappa shape index (κ3) is 5.37. The molecule has 1 aliphatic heterocycles. The normalized spacial score (nSPS) is 23.2. The SMILES string of the molecule is O=C(O)[C@@H]1C(CCCc2ccccc2)C(=O)N1C(=O)N[C@@H](C1CCCCC1)C(F)(F)F. The number of nitrogens with one attached hydrogen (secondary N) is 1. The summed E-state index contributed by atoms with van der Waals surface area (Å²) >= 11 is 0. The van der Waals surface area contributed by atoms with Crippen LogP contribution >= 0.6 is 0 Å². The summed E-state index contributed by atoms with van der Waals surface area (Å²) in [5.41, 5.74) is 1.04. The van der Waals surface area contributed by atoms with Gasteiger partial charge in [0.1, 0.15) is 6.04 Å². The molecule has 1 unspecified atom stereocenters. The Kier molecular flexibility index (Phi) is 7.23. The van der Waals surface area contributed by atoms with E-state index in [1.165, 1.54) is 0 Å². The highest BCUT2D eigenvalue weighted by Crippen LogP contribution is 2.36. The zero-order valence-electron chi connectivity index (χ0n) is 17.1. The summed E-state index contributed by atoms with van der Waals surface area (Å²) in [7, 11) is 0. The quantitative estimate of drug-likeness (QED) is 0.624. The molecular weight excluding hydrogens is 413 g/mol. The summed E-state index contributed by atoms with van der Waals surface area (Å²) < 4.78 is 40.7. The second kappa shape index (κ2) is 9.70. The van der Waals surface area contributed by atoms with Crippen molar-refractivity contribution in [1.29, 1.82) is 0 Å². The number of amides is 3. The molecule has 170 valence electrons. The average Bonchev–Trinajstić information content (AvgIpc) is 2.73. The van der Waals surface area contributed by atoms with Gasteiger partial charge in [-0.25, -0.2) is 14.5 Å². The van der Waals surface area contributed by atoms with E-state index in [1.54, 1.807) is 0 Å². The maximum absolute atomic E-state index is 13.6. The number of alkyl halides is 3. The Hall–Kier alpha value is -2.58. The van der Waals surface area contributed by atoms with E-state index in [0.29, 0.717) is 43.4 Å². The number of rotatable bonds is 7. The van der Waals surface area contributed by atoms with Gasteiger partial charge < -0.3 is 10.4 Å². The lowest BCUT2D eigenvalue weighted by Gasteiger charge is -2.44. The first-order chi connectivity index (χ1) is 14.7. The molecule has 1 saturated heterocycles. The predicted molar refractivity (Wildman–Crippen MR) is 106 cm³/mol. The lowest BCUT2D eigenvalue weighted by Crippen LogP contribution is -2.69. The van der Waals surface area contributed by atoms with Gasteiger partial charge in [0, 0.05) is 0 Å². The highest BCUT2D eigenvalue weighted by atomic mass is 19.4. The lowest BCUT2D eigenvalue weighted by molar-refractivity contribution is -0.173. The molecule has 0 spiro atoms. The maximum Gasteiger partial charge on any atom is 0.408 e. The third-order valence-electron chi connectivity index (χ3n) is 6.26. The Morgan fingerprint density at radius 3 is 2.35 bits per heavy atom. The molecule has 1 saturated carbocycles. The van der Waals surface area contributed by atoms with Gasteiger partial charge in [-0.1, -0.05) is 49.6 Å². The summed E-state index contributed by atoms with van der Waals surface area (Å²) in [6, 6.07) is 4.66. The molecule has 31 heavy (non-hydrogen) atoms. The largest absolute Gasteiger partial charge is 0.480 e. The van der Waals surface area contributed by atoms with Crippen LogP contribution in [0, 0.1) is 11.8 Å². The standard InChI is InChI=1S/C22H27F3N2O4/c23-22(24,25)18(15-11-5-2-6-12-15)26-21(31)27-17(20(29)30)16(19(27)28)13-7-10-14-8-3-1-4-9-14/h1,3-4,8-9,15-18H,2,5-7,10-13H2,(H,26,31)(H,29,30)/t16?,17-,18-/m0/s1. The molecule has 1 aromatic carbocycles. The molecule has 2 aliphatic rings. The summed E-state index contributed by atoms with van der Waals surface area (Å²) in [6.07, 6.45) is -0.418. The number of carbonyl (C=O) groups excluding carboxylic acids is 2. The van der Waals surface area contributed by atoms with E-state index in [4.69, 9.17) is 0 Å². The van der Waals surface area contributed by atoms with Crippen LogP contribution in [0.4, 0.5) is 18.0 Å². The maximum atomic E-state index is 13.6. The van der Waals surface area contributed by atoms with Gasteiger partial charge in [0.2, 0.25) is 5.91 Å². The van der Waals surface area contributed by atoms with Crippen molar-refractivity contribution in [2.45, 2.75) is 69.6 Å².